The van der Waals surface area contributed by atoms with Gasteiger partial charge in [-0.1, -0.05) is 20.3 Å². The Balaban J connectivity index is 2.80. The van der Waals surface area contributed by atoms with Crippen molar-refractivity contribution >= 4 is 23.4 Å². The zero-order chi connectivity index (χ0) is 8.53. The van der Waals surface area contributed by atoms with Crippen molar-refractivity contribution in [2.24, 2.45) is 5.92 Å². The molecule has 0 radical (unpaired) electrons. The Kier molecular flexibility index (Phi) is 9.24. The molecule has 0 amide bonds. The lowest BCUT2D eigenvalue weighted by molar-refractivity contribution is 0.579. The van der Waals surface area contributed by atoms with Crippen LogP contribution in [0, 0.1) is 5.92 Å². The number of halogens is 1. The number of alkyl halides is 1. The molecular weight excluding hydrogens is 176 g/mol. The first-order chi connectivity index (χ1) is 5.27. The lowest BCUT2D eigenvalue weighted by Gasteiger charge is -2.03. The van der Waals surface area contributed by atoms with Crippen molar-refractivity contribution in [1.82, 2.24) is 0 Å². The van der Waals surface area contributed by atoms with Crippen molar-refractivity contribution in [1.29, 1.82) is 0 Å². The van der Waals surface area contributed by atoms with Crippen LogP contribution in [-0.2, 0) is 0 Å². The van der Waals surface area contributed by atoms with Crippen LogP contribution in [0.4, 0.5) is 0 Å². The van der Waals surface area contributed by atoms with Crippen LogP contribution in [-0.4, -0.2) is 17.4 Å². The Bertz CT molecular complexity index is 74.0. The predicted molar refractivity (Wildman–Crippen MR) is 56.7 cm³/mol. The fraction of sp³-hybridized carbons (Fsp3) is 1.00. The van der Waals surface area contributed by atoms with E-state index < -0.39 is 0 Å². The summed E-state index contributed by atoms with van der Waals surface area (Å²) in [4.78, 5) is 0. The molecule has 0 nitrogen and oxygen atoms in total. The van der Waals surface area contributed by atoms with Crippen molar-refractivity contribution in [2.75, 3.05) is 17.4 Å². The van der Waals surface area contributed by atoms with Gasteiger partial charge in [-0.05, 0) is 30.3 Å². The van der Waals surface area contributed by atoms with Crippen LogP contribution in [0.25, 0.3) is 0 Å². The van der Waals surface area contributed by atoms with Gasteiger partial charge in [-0.2, -0.15) is 11.8 Å². The highest BCUT2D eigenvalue weighted by Crippen LogP contribution is 2.10. The van der Waals surface area contributed by atoms with Crippen LogP contribution in [0.3, 0.4) is 0 Å². The first kappa shape index (κ1) is 11.6. The van der Waals surface area contributed by atoms with Crippen LogP contribution in [0.5, 0.6) is 0 Å². The van der Waals surface area contributed by atoms with E-state index in [1.807, 2.05) is 11.8 Å². The van der Waals surface area contributed by atoms with Gasteiger partial charge < -0.3 is 0 Å². The zero-order valence-electron chi connectivity index (χ0n) is 7.61. The van der Waals surface area contributed by atoms with Crippen molar-refractivity contribution in [3.63, 3.8) is 0 Å². The minimum absolute atomic E-state index is 0.817. The molecule has 0 bridgehead atoms. The number of hydrogen-bond acceptors (Lipinski definition) is 1. The molecule has 0 aliphatic heterocycles. The third-order valence-electron chi connectivity index (χ3n) is 1.49. The Morgan fingerprint density at radius 3 is 2.36 bits per heavy atom. The molecule has 0 atom stereocenters. The van der Waals surface area contributed by atoms with Gasteiger partial charge in [0, 0.05) is 5.88 Å². The maximum atomic E-state index is 5.55. The van der Waals surface area contributed by atoms with Gasteiger partial charge in [0.15, 0.2) is 0 Å². The van der Waals surface area contributed by atoms with Gasteiger partial charge >= 0.3 is 0 Å². The van der Waals surface area contributed by atoms with E-state index in [0.29, 0.717) is 0 Å². The van der Waals surface area contributed by atoms with Gasteiger partial charge in [-0.25, -0.2) is 0 Å². The van der Waals surface area contributed by atoms with Crippen LogP contribution in [0.1, 0.15) is 33.1 Å². The SMILES string of the molecule is CC(C)CCCSCCCCl. The Morgan fingerprint density at radius 1 is 1.18 bits per heavy atom. The minimum atomic E-state index is 0.817. The monoisotopic (exact) mass is 194 g/mol. The van der Waals surface area contributed by atoms with Crippen LogP contribution in [0.15, 0.2) is 0 Å². The summed E-state index contributed by atoms with van der Waals surface area (Å²) in [5.41, 5.74) is 0. The first-order valence-electron chi connectivity index (χ1n) is 4.41. The molecule has 0 aliphatic rings. The second-order valence-electron chi connectivity index (χ2n) is 3.19. The lowest BCUT2D eigenvalue weighted by Crippen LogP contribution is -1.90. The molecule has 0 fully saturated rings. The fourth-order valence-electron chi connectivity index (χ4n) is 0.852. The largest absolute Gasteiger partial charge is 0.162 e. The quantitative estimate of drug-likeness (QED) is 0.439. The molecule has 11 heavy (non-hydrogen) atoms. The highest BCUT2D eigenvalue weighted by atomic mass is 35.5. The Morgan fingerprint density at radius 2 is 1.82 bits per heavy atom. The molecule has 0 heterocycles. The van der Waals surface area contributed by atoms with Gasteiger partial charge in [0.2, 0.25) is 0 Å². The smallest absolute Gasteiger partial charge is 0.0231 e. The second kappa shape index (κ2) is 8.73. The number of rotatable bonds is 7. The molecule has 0 unspecified atom stereocenters. The topological polar surface area (TPSA) is 0 Å². The molecule has 0 spiro atoms. The van der Waals surface area contributed by atoms with Crippen molar-refractivity contribution < 1.29 is 0 Å². The van der Waals surface area contributed by atoms with E-state index in [0.717, 1.165) is 18.2 Å². The van der Waals surface area contributed by atoms with E-state index in [2.05, 4.69) is 13.8 Å². The third kappa shape index (κ3) is 10.6. The van der Waals surface area contributed by atoms with Crippen molar-refractivity contribution in [2.45, 2.75) is 33.1 Å². The van der Waals surface area contributed by atoms with Gasteiger partial charge in [0.1, 0.15) is 0 Å². The maximum absolute atomic E-state index is 5.55. The van der Waals surface area contributed by atoms with E-state index in [4.69, 9.17) is 11.6 Å². The van der Waals surface area contributed by atoms with Gasteiger partial charge in [0.25, 0.3) is 0 Å². The summed E-state index contributed by atoms with van der Waals surface area (Å²) in [7, 11) is 0. The summed E-state index contributed by atoms with van der Waals surface area (Å²) in [6.45, 7) is 4.56. The summed E-state index contributed by atoms with van der Waals surface area (Å²) in [6.07, 6.45) is 3.90. The molecule has 0 saturated heterocycles. The third-order valence-corrected chi connectivity index (χ3v) is 2.91. The van der Waals surface area contributed by atoms with Gasteiger partial charge in [-0.15, -0.1) is 11.6 Å². The lowest BCUT2D eigenvalue weighted by atomic mass is 10.1. The molecule has 0 aliphatic carbocycles. The van der Waals surface area contributed by atoms with E-state index in [1.165, 1.54) is 24.3 Å². The molecule has 0 saturated carbocycles. The summed E-state index contributed by atoms with van der Waals surface area (Å²) < 4.78 is 0. The van der Waals surface area contributed by atoms with Crippen molar-refractivity contribution in [3.05, 3.63) is 0 Å². The predicted octanol–water partition coefficient (Wildman–Crippen LogP) is 3.78. The van der Waals surface area contributed by atoms with Crippen LogP contribution in [0.2, 0.25) is 0 Å². The molecule has 0 aromatic rings. The summed E-state index contributed by atoms with van der Waals surface area (Å²) in [5, 5.41) is 0. The minimum Gasteiger partial charge on any atom is -0.162 e. The standard InChI is InChI=1S/C9H19ClS/c1-9(2)5-3-7-11-8-4-6-10/h9H,3-8H2,1-2H3. The summed E-state index contributed by atoms with van der Waals surface area (Å²) in [6, 6.07) is 0. The second-order valence-corrected chi connectivity index (χ2v) is 4.79. The molecule has 68 valence electrons. The highest BCUT2D eigenvalue weighted by Gasteiger charge is 1.93. The molecule has 0 N–H and O–H groups in total. The molecule has 0 aromatic carbocycles. The average molecular weight is 195 g/mol. The maximum Gasteiger partial charge on any atom is 0.0231 e. The van der Waals surface area contributed by atoms with E-state index in [9.17, 15) is 0 Å². The fourth-order valence-corrected chi connectivity index (χ4v) is 2.07. The Hall–Kier alpha value is 0.640. The zero-order valence-corrected chi connectivity index (χ0v) is 9.18. The number of hydrogen-bond donors (Lipinski definition) is 0. The highest BCUT2D eigenvalue weighted by molar-refractivity contribution is 7.99. The van der Waals surface area contributed by atoms with Crippen LogP contribution >= 0.6 is 23.4 Å². The average Bonchev–Trinajstić information content (AvgIpc) is 1.96. The van der Waals surface area contributed by atoms with Gasteiger partial charge in [-0.3, -0.25) is 0 Å². The van der Waals surface area contributed by atoms with E-state index in [1.54, 1.807) is 0 Å². The summed E-state index contributed by atoms with van der Waals surface area (Å²) in [5.74, 6) is 4.23. The Labute approximate surface area is 80.1 Å². The molecular formula is C9H19ClS. The van der Waals surface area contributed by atoms with E-state index >= 15 is 0 Å². The first-order valence-corrected chi connectivity index (χ1v) is 6.10. The number of thioether (sulfide) groups is 1. The van der Waals surface area contributed by atoms with Crippen LogP contribution < -0.4 is 0 Å². The summed E-state index contributed by atoms with van der Waals surface area (Å²) >= 11 is 7.59. The molecule has 2 heteroatoms. The van der Waals surface area contributed by atoms with Gasteiger partial charge in [0.05, 0.1) is 0 Å². The molecule has 0 aromatic heterocycles. The van der Waals surface area contributed by atoms with Crippen molar-refractivity contribution in [3.8, 4) is 0 Å². The van der Waals surface area contributed by atoms with E-state index in [-0.39, 0.29) is 0 Å². The normalized spacial score (nSPS) is 10.9. The molecule has 0 rings (SSSR count).